The fourth-order valence-electron chi connectivity index (χ4n) is 3.08. The third-order valence-electron chi connectivity index (χ3n) is 4.51. The number of rotatable bonds is 10. The number of amides is 1. The molecule has 1 amide bonds. The molecule has 1 aliphatic carbocycles. The molecule has 0 radical (unpaired) electrons. The van der Waals surface area contributed by atoms with Gasteiger partial charge < -0.3 is 16.0 Å². The highest BCUT2D eigenvalue weighted by atomic mass is 19.1. The van der Waals surface area contributed by atoms with Gasteiger partial charge in [-0.1, -0.05) is 19.3 Å². The van der Waals surface area contributed by atoms with Crippen LogP contribution in [0.15, 0.2) is 24.3 Å². The van der Waals surface area contributed by atoms with Crippen LogP contribution in [0, 0.1) is 5.82 Å². The second-order valence-corrected chi connectivity index (χ2v) is 6.51. The van der Waals surface area contributed by atoms with E-state index in [1.54, 1.807) is 0 Å². The van der Waals surface area contributed by atoms with Gasteiger partial charge in [0.25, 0.3) is 5.91 Å². The van der Waals surface area contributed by atoms with Crippen LogP contribution in [0.2, 0.25) is 0 Å². The van der Waals surface area contributed by atoms with Gasteiger partial charge in [0.15, 0.2) is 0 Å². The maximum atomic E-state index is 12.8. The molecule has 4 nitrogen and oxygen atoms in total. The largest absolute Gasteiger partial charge is 0.352 e. The van der Waals surface area contributed by atoms with Crippen LogP contribution in [0.4, 0.5) is 4.39 Å². The van der Waals surface area contributed by atoms with Crippen LogP contribution >= 0.6 is 0 Å². The number of nitrogens with one attached hydrogen (secondary N) is 3. The summed E-state index contributed by atoms with van der Waals surface area (Å²) in [7, 11) is 0. The molecular formula is C19H30FN3O. The van der Waals surface area contributed by atoms with E-state index in [0.717, 1.165) is 38.5 Å². The van der Waals surface area contributed by atoms with Crippen molar-refractivity contribution in [3.05, 3.63) is 35.6 Å². The summed E-state index contributed by atoms with van der Waals surface area (Å²) in [4.78, 5) is 11.8. The van der Waals surface area contributed by atoms with Gasteiger partial charge in [0.2, 0.25) is 0 Å². The van der Waals surface area contributed by atoms with Gasteiger partial charge in [-0.15, -0.1) is 0 Å². The molecule has 0 spiro atoms. The molecule has 24 heavy (non-hydrogen) atoms. The zero-order valence-corrected chi connectivity index (χ0v) is 14.5. The minimum absolute atomic E-state index is 0.139. The van der Waals surface area contributed by atoms with Gasteiger partial charge in [-0.2, -0.15) is 0 Å². The van der Waals surface area contributed by atoms with Crippen molar-refractivity contribution in [1.82, 2.24) is 16.0 Å². The molecule has 1 aliphatic rings. The van der Waals surface area contributed by atoms with Crippen LogP contribution in [0.25, 0.3) is 0 Å². The first-order valence-electron chi connectivity index (χ1n) is 9.23. The molecule has 0 saturated heterocycles. The van der Waals surface area contributed by atoms with Gasteiger partial charge >= 0.3 is 0 Å². The summed E-state index contributed by atoms with van der Waals surface area (Å²) < 4.78 is 12.8. The number of benzene rings is 1. The Balaban J connectivity index is 1.41. The van der Waals surface area contributed by atoms with E-state index in [2.05, 4.69) is 16.0 Å². The maximum Gasteiger partial charge on any atom is 0.251 e. The quantitative estimate of drug-likeness (QED) is 0.576. The van der Waals surface area contributed by atoms with Crippen LogP contribution in [-0.4, -0.2) is 38.1 Å². The van der Waals surface area contributed by atoms with E-state index < -0.39 is 0 Å². The predicted molar refractivity (Wildman–Crippen MR) is 95.7 cm³/mol. The van der Waals surface area contributed by atoms with Crippen LogP contribution < -0.4 is 16.0 Å². The second kappa shape index (κ2) is 11.2. The van der Waals surface area contributed by atoms with E-state index in [-0.39, 0.29) is 11.7 Å². The van der Waals surface area contributed by atoms with Gasteiger partial charge in [-0.3, -0.25) is 4.79 Å². The minimum Gasteiger partial charge on any atom is -0.352 e. The lowest BCUT2D eigenvalue weighted by Crippen LogP contribution is -2.36. The van der Waals surface area contributed by atoms with Crippen LogP contribution in [0.1, 0.15) is 55.3 Å². The van der Waals surface area contributed by atoms with Crippen molar-refractivity contribution in [3.8, 4) is 0 Å². The molecule has 5 heteroatoms. The van der Waals surface area contributed by atoms with E-state index >= 15 is 0 Å². The van der Waals surface area contributed by atoms with Gasteiger partial charge in [0.05, 0.1) is 0 Å². The summed E-state index contributed by atoms with van der Waals surface area (Å²) in [6, 6.07) is 6.35. The number of unbranched alkanes of at least 4 members (excludes halogenated alkanes) is 1. The lowest BCUT2D eigenvalue weighted by molar-refractivity contribution is 0.0953. The first-order chi connectivity index (χ1) is 11.8. The summed E-state index contributed by atoms with van der Waals surface area (Å²) in [6.45, 7) is 3.65. The summed E-state index contributed by atoms with van der Waals surface area (Å²) >= 11 is 0. The Morgan fingerprint density at radius 1 is 0.958 bits per heavy atom. The molecule has 1 saturated carbocycles. The Labute approximate surface area is 144 Å². The Hall–Kier alpha value is -1.46. The highest BCUT2D eigenvalue weighted by Gasteiger charge is 2.11. The topological polar surface area (TPSA) is 53.2 Å². The highest BCUT2D eigenvalue weighted by molar-refractivity contribution is 5.94. The van der Waals surface area contributed by atoms with E-state index in [1.807, 2.05) is 0 Å². The second-order valence-electron chi connectivity index (χ2n) is 6.51. The first kappa shape index (κ1) is 18.9. The Kier molecular flexibility index (Phi) is 8.77. The van der Waals surface area contributed by atoms with Crippen molar-refractivity contribution in [1.29, 1.82) is 0 Å². The maximum absolute atomic E-state index is 12.8. The average Bonchev–Trinajstić information content (AvgIpc) is 2.61. The molecule has 0 heterocycles. The van der Waals surface area contributed by atoms with E-state index in [0.29, 0.717) is 12.1 Å². The zero-order chi connectivity index (χ0) is 17.0. The molecule has 0 bridgehead atoms. The minimum atomic E-state index is -0.324. The summed E-state index contributed by atoms with van der Waals surface area (Å²) in [5.41, 5.74) is 0.503. The fourth-order valence-corrected chi connectivity index (χ4v) is 3.08. The molecular weight excluding hydrogens is 305 g/mol. The third kappa shape index (κ3) is 7.41. The molecule has 0 aromatic heterocycles. The van der Waals surface area contributed by atoms with Crippen molar-refractivity contribution in [3.63, 3.8) is 0 Å². The Morgan fingerprint density at radius 2 is 1.67 bits per heavy atom. The number of carbonyl (C=O) groups is 1. The molecule has 134 valence electrons. The SMILES string of the molecule is O=C(NCCCCNCCNC1CCCCC1)c1ccc(F)cc1. The number of carbonyl (C=O) groups excluding carboxylic acids is 1. The van der Waals surface area contributed by atoms with Gasteiger partial charge in [0.1, 0.15) is 5.82 Å². The lowest BCUT2D eigenvalue weighted by atomic mass is 9.95. The first-order valence-corrected chi connectivity index (χ1v) is 9.23. The van der Waals surface area contributed by atoms with Crippen LogP contribution in [0.3, 0.4) is 0 Å². The summed E-state index contributed by atoms with van der Waals surface area (Å²) in [6.07, 6.45) is 8.77. The molecule has 0 aliphatic heterocycles. The Morgan fingerprint density at radius 3 is 2.42 bits per heavy atom. The fraction of sp³-hybridized carbons (Fsp3) is 0.632. The number of hydrogen-bond acceptors (Lipinski definition) is 3. The third-order valence-corrected chi connectivity index (χ3v) is 4.51. The van der Waals surface area contributed by atoms with Crippen LogP contribution in [0.5, 0.6) is 0 Å². The lowest BCUT2D eigenvalue weighted by Gasteiger charge is -2.22. The number of halogens is 1. The van der Waals surface area contributed by atoms with E-state index in [4.69, 9.17) is 0 Å². The van der Waals surface area contributed by atoms with Crippen LogP contribution in [-0.2, 0) is 0 Å². The van der Waals surface area contributed by atoms with E-state index in [9.17, 15) is 9.18 Å². The molecule has 1 fully saturated rings. The van der Waals surface area contributed by atoms with Gasteiger partial charge in [-0.05, 0) is 56.5 Å². The molecule has 2 rings (SSSR count). The van der Waals surface area contributed by atoms with Crippen molar-refractivity contribution in [2.24, 2.45) is 0 Å². The molecule has 0 atom stereocenters. The van der Waals surface area contributed by atoms with Gasteiger partial charge in [-0.25, -0.2) is 4.39 Å². The van der Waals surface area contributed by atoms with Crippen molar-refractivity contribution < 1.29 is 9.18 Å². The van der Waals surface area contributed by atoms with Crippen molar-refractivity contribution in [2.45, 2.75) is 51.0 Å². The molecule has 3 N–H and O–H groups in total. The predicted octanol–water partition coefficient (Wildman–Crippen LogP) is 2.85. The molecule has 0 unspecified atom stereocenters. The van der Waals surface area contributed by atoms with Crippen molar-refractivity contribution in [2.75, 3.05) is 26.2 Å². The Bertz CT molecular complexity index is 472. The molecule has 1 aromatic carbocycles. The van der Waals surface area contributed by atoms with E-state index in [1.165, 1.54) is 56.4 Å². The standard InChI is InChI=1S/C19H30FN3O/c20-17-10-8-16(9-11-17)19(24)23-13-5-4-12-21-14-15-22-18-6-2-1-3-7-18/h8-11,18,21-22H,1-7,12-15H2,(H,23,24). The highest BCUT2D eigenvalue weighted by Crippen LogP contribution is 2.16. The normalized spacial score (nSPS) is 15.4. The number of hydrogen-bond donors (Lipinski definition) is 3. The van der Waals surface area contributed by atoms with Crippen molar-refractivity contribution >= 4 is 5.91 Å². The smallest absolute Gasteiger partial charge is 0.251 e. The summed E-state index contributed by atoms with van der Waals surface area (Å²) in [5, 5.41) is 9.91. The monoisotopic (exact) mass is 335 g/mol. The average molecular weight is 335 g/mol. The van der Waals surface area contributed by atoms with Gasteiger partial charge in [0, 0.05) is 31.2 Å². The molecule has 1 aromatic rings. The zero-order valence-electron chi connectivity index (χ0n) is 14.5. The summed E-state index contributed by atoms with van der Waals surface area (Å²) in [5.74, 6) is -0.463.